The molecule has 0 aliphatic rings. The second-order valence-corrected chi connectivity index (χ2v) is 6.23. The monoisotopic (exact) mass is 392 g/mol. The smallest absolute Gasteiger partial charge is 0.262 e. The third-order valence-corrected chi connectivity index (χ3v) is 4.27. The van der Waals surface area contributed by atoms with Crippen molar-refractivity contribution in [3.63, 3.8) is 0 Å². The molecule has 3 aromatic carbocycles. The van der Waals surface area contributed by atoms with E-state index in [4.69, 9.17) is 14.2 Å². The molecule has 3 aromatic rings. The van der Waals surface area contributed by atoms with Crippen LogP contribution in [0.1, 0.15) is 5.56 Å². The number of rotatable bonds is 9. The lowest BCUT2D eigenvalue weighted by Gasteiger charge is -2.12. The zero-order chi connectivity index (χ0) is 20.5. The molecular formula is C23H24N2O4. The fourth-order valence-corrected chi connectivity index (χ4v) is 2.80. The van der Waals surface area contributed by atoms with E-state index in [1.54, 1.807) is 26.4 Å². The zero-order valence-electron chi connectivity index (χ0n) is 16.5. The molecule has 0 radical (unpaired) electrons. The van der Waals surface area contributed by atoms with Gasteiger partial charge in [-0.1, -0.05) is 30.3 Å². The van der Waals surface area contributed by atoms with Gasteiger partial charge in [0, 0.05) is 23.5 Å². The van der Waals surface area contributed by atoms with E-state index in [0.717, 1.165) is 17.0 Å². The lowest BCUT2D eigenvalue weighted by atomic mass is 10.2. The van der Waals surface area contributed by atoms with Crippen LogP contribution >= 0.6 is 0 Å². The predicted octanol–water partition coefficient (Wildman–Crippen LogP) is 4.33. The maximum Gasteiger partial charge on any atom is 0.262 e. The van der Waals surface area contributed by atoms with Gasteiger partial charge in [-0.3, -0.25) is 4.79 Å². The van der Waals surface area contributed by atoms with Gasteiger partial charge in [-0.25, -0.2) is 0 Å². The molecule has 29 heavy (non-hydrogen) atoms. The maximum atomic E-state index is 12.1. The van der Waals surface area contributed by atoms with Crippen molar-refractivity contribution in [1.82, 2.24) is 0 Å². The molecule has 2 N–H and O–H groups in total. The second-order valence-electron chi connectivity index (χ2n) is 6.23. The van der Waals surface area contributed by atoms with Crippen LogP contribution in [0.2, 0.25) is 0 Å². The summed E-state index contributed by atoms with van der Waals surface area (Å²) in [5.41, 5.74) is 2.71. The fraction of sp³-hybridized carbons (Fsp3) is 0.174. The van der Waals surface area contributed by atoms with Crippen molar-refractivity contribution in [2.75, 3.05) is 31.5 Å². The van der Waals surface area contributed by atoms with E-state index in [-0.39, 0.29) is 12.5 Å². The lowest BCUT2D eigenvalue weighted by molar-refractivity contribution is -0.118. The van der Waals surface area contributed by atoms with Crippen LogP contribution in [0.25, 0.3) is 0 Å². The molecule has 0 atom stereocenters. The molecule has 1 amide bonds. The maximum absolute atomic E-state index is 12.1. The molecule has 6 heteroatoms. The van der Waals surface area contributed by atoms with Crippen molar-refractivity contribution in [3.8, 4) is 17.2 Å². The van der Waals surface area contributed by atoms with E-state index in [9.17, 15) is 4.79 Å². The number of amides is 1. The summed E-state index contributed by atoms with van der Waals surface area (Å²) in [6.45, 7) is 0.538. The first-order valence-electron chi connectivity index (χ1n) is 9.21. The van der Waals surface area contributed by atoms with Gasteiger partial charge in [0.05, 0.1) is 14.2 Å². The van der Waals surface area contributed by atoms with E-state index < -0.39 is 0 Å². The molecular weight excluding hydrogens is 368 g/mol. The standard InChI is InChI=1S/C23H24N2O4/c1-27-20-8-4-3-7-17(20)15-24-18-11-13-19(14-12-18)25-23(26)16-29-22-10-6-5-9-21(22)28-2/h3-14,24H,15-16H2,1-2H3,(H,25,26). The van der Waals surface area contributed by atoms with Crippen LogP contribution in [-0.4, -0.2) is 26.7 Å². The van der Waals surface area contributed by atoms with Crippen molar-refractivity contribution >= 4 is 17.3 Å². The lowest BCUT2D eigenvalue weighted by Crippen LogP contribution is -2.20. The van der Waals surface area contributed by atoms with Crippen LogP contribution in [0.4, 0.5) is 11.4 Å². The van der Waals surface area contributed by atoms with Crippen LogP contribution in [-0.2, 0) is 11.3 Å². The largest absolute Gasteiger partial charge is 0.496 e. The predicted molar refractivity (Wildman–Crippen MR) is 114 cm³/mol. The zero-order valence-corrected chi connectivity index (χ0v) is 16.5. The minimum atomic E-state index is -0.245. The summed E-state index contributed by atoms with van der Waals surface area (Å²) in [5, 5.41) is 6.16. The number of hydrogen-bond donors (Lipinski definition) is 2. The molecule has 0 saturated carbocycles. The van der Waals surface area contributed by atoms with Gasteiger partial charge in [0.1, 0.15) is 5.75 Å². The number of carbonyl (C=O) groups excluding carboxylic acids is 1. The molecule has 0 unspecified atom stereocenters. The van der Waals surface area contributed by atoms with Gasteiger partial charge in [0.2, 0.25) is 0 Å². The third-order valence-electron chi connectivity index (χ3n) is 4.27. The number of carbonyl (C=O) groups is 1. The van der Waals surface area contributed by atoms with Crippen LogP contribution in [0.3, 0.4) is 0 Å². The molecule has 0 saturated heterocycles. The van der Waals surface area contributed by atoms with Gasteiger partial charge in [-0.2, -0.15) is 0 Å². The summed E-state index contributed by atoms with van der Waals surface area (Å²) >= 11 is 0. The fourth-order valence-electron chi connectivity index (χ4n) is 2.80. The van der Waals surface area contributed by atoms with Gasteiger partial charge in [-0.05, 0) is 42.5 Å². The Balaban J connectivity index is 1.50. The van der Waals surface area contributed by atoms with E-state index in [2.05, 4.69) is 10.6 Å². The highest BCUT2D eigenvalue weighted by Crippen LogP contribution is 2.25. The molecule has 0 spiro atoms. The highest BCUT2D eigenvalue weighted by atomic mass is 16.5. The summed E-state index contributed by atoms with van der Waals surface area (Å²) in [6.07, 6.45) is 0. The molecule has 150 valence electrons. The van der Waals surface area contributed by atoms with E-state index in [1.165, 1.54) is 0 Å². The van der Waals surface area contributed by atoms with Gasteiger partial charge in [0.15, 0.2) is 18.1 Å². The Labute approximate surface area is 170 Å². The summed E-state index contributed by atoms with van der Waals surface area (Å²) < 4.78 is 16.1. The normalized spacial score (nSPS) is 10.1. The van der Waals surface area contributed by atoms with Crippen LogP contribution in [0, 0.1) is 0 Å². The van der Waals surface area contributed by atoms with Crippen molar-refractivity contribution in [1.29, 1.82) is 0 Å². The highest BCUT2D eigenvalue weighted by molar-refractivity contribution is 5.92. The molecule has 3 rings (SSSR count). The highest BCUT2D eigenvalue weighted by Gasteiger charge is 2.07. The Hall–Kier alpha value is -3.67. The first kappa shape index (κ1) is 20.1. The van der Waals surface area contributed by atoms with Crippen LogP contribution < -0.4 is 24.8 Å². The first-order chi connectivity index (χ1) is 14.2. The molecule has 0 bridgehead atoms. The quantitative estimate of drug-likeness (QED) is 0.567. The number of methoxy groups -OCH3 is 2. The van der Waals surface area contributed by atoms with Crippen molar-refractivity contribution in [2.45, 2.75) is 6.54 Å². The SMILES string of the molecule is COc1ccccc1CNc1ccc(NC(=O)COc2ccccc2OC)cc1. The average molecular weight is 392 g/mol. The minimum absolute atomic E-state index is 0.103. The van der Waals surface area contributed by atoms with Crippen LogP contribution in [0.15, 0.2) is 72.8 Å². The summed E-state index contributed by atoms with van der Waals surface area (Å²) in [7, 11) is 3.22. The number of ether oxygens (including phenoxy) is 3. The Bertz CT molecular complexity index is 942. The van der Waals surface area contributed by atoms with Crippen molar-refractivity contribution < 1.29 is 19.0 Å². The van der Waals surface area contributed by atoms with Crippen LogP contribution in [0.5, 0.6) is 17.2 Å². The average Bonchev–Trinajstić information content (AvgIpc) is 2.77. The van der Waals surface area contributed by atoms with Gasteiger partial charge in [0.25, 0.3) is 5.91 Å². The van der Waals surface area contributed by atoms with Crippen molar-refractivity contribution in [2.24, 2.45) is 0 Å². The minimum Gasteiger partial charge on any atom is -0.496 e. The number of hydrogen-bond acceptors (Lipinski definition) is 5. The number of para-hydroxylation sites is 3. The Morgan fingerprint density at radius 3 is 2.03 bits per heavy atom. The molecule has 0 heterocycles. The van der Waals surface area contributed by atoms with Gasteiger partial charge in [-0.15, -0.1) is 0 Å². The summed E-state index contributed by atoms with van der Waals surface area (Å²) in [6, 6.07) is 22.6. The second kappa shape index (κ2) is 10.0. The molecule has 0 fully saturated rings. The Morgan fingerprint density at radius 1 is 0.759 bits per heavy atom. The Kier molecular flexibility index (Phi) is 6.95. The summed E-state index contributed by atoms with van der Waals surface area (Å²) in [4.78, 5) is 12.1. The number of benzene rings is 3. The Morgan fingerprint density at radius 2 is 1.34 bits per heavy atom. The molecule has 0 aromatic heterocycles. The van der Waals surface area contributed by atoms with Gasteiger partial charge >= 0.3 is 0 Å². The third kappa shape index (κ3) is 5.65. The number of anilines is 2. The van der Waals surface area contributed by atoms with Gasteiger partial charge < -0.3 is 24.8 Å². The molecule has 0 aliphatic carbocycles. The van der Waals surface area contributed by atoms with Crippen molar-refractivity contribution in [3.05, 3.63) is 78.4 Å². The molecule has 0 aliphatic heterocycles. The molecule has 6 nitrogen and oxygen atoms in total. The van der Waals surface area contributed by atoms with E-state index >= 15 is 0 Å². The van der Waals surface area contributed by atoms with E-state index in [1.807, 2.05) is 60.7 Å². The summed E-state index contributed by atoms with van der Waals surface area (Å²) in [5.74, 6) is 1.72. The first-order valence-corrected chi connectivity index (χ1v) is 9.21. The number of nitrogens with one attached hydrogen (secondary N) is 2. The van der Waals surface area contributed by atoms with E-state index in [0.29, 0.717) is 23.7 Å². The topological polar surface area (TPSA) is 68.8 Å².